The molecule has 1 heterocycles. The standard InChI is InChI=1S/C16H22N2O5S/c1-11(16(20)21)10-17(2)15(19)13-6-7-14-12(9-13)5-4-8-18(14)24(3,22)23/h6-7,9,11H,4-5,8,10H2,1-3H3,(H,20,21). The minimum Gasteiger partial charge on any atom is -0.481 e. The number of nitrogens with zero attached hydrogens (tertiary/aromatic N) is 2. The Kier molecular flexibility index (Phi) is 5.17. The van der Waals surface area contributed by atoms with E-state index < -0.39 is 21.9 Å². The van der Waals surface area contributed by atoms with Crippen LogP contribution in [0.4, 0.5) is 5.69 Å². The molecule has 1 aliphatic rings. The highest BCUT2D eigenvalue weighted by Crippen LogP contribution is 2.30. The third-order valence-electron chi connectivity index (χ3n) is 4.12. The van der Waals surface area contributed by atoms with Crippen LogP contribution in [0.2, 0.25) is 0 Å². The summed E-state index contributed by atoms with van der Waals surface area (Å²) in [5, 5.41) is 8.95. The monoisotopic (exact) mass is 354 g/mol. The molecule has 0 radical (unpaired) electrons. The predicted molar refractivity (Wildman–Crippen MR) is 90.7 cm³/mol. The van der Waals surface area contributed by atoms with Crippen LogP contribution < -0.4 is 4.31 Å². The molecule has 1 aromatic carbocycles. The molecule has 2 rings (SSSR count). The quantitative estimate of drug-likeness (QED) is 0.857. The van der Waals surface area contributed by atoms with Crippen LogP contribution in [-0.4, -0.2) is 56.7 Å². The first-order chi connectivity index (χ1) is 11.1. The van der Waals surface area contributed by atoms with Crippen LogP contribution in [0.5, 0.6) is 0 Å². The van der Waals surface area contributed by atoms with E-state index in [1.807, 2.05) is 0 Å². The molecule has 0 aromatic heterocycles. The van der Waals surface area contributed by atoms with E-state index in [4.69, 9.17) is 5.11 Å². The van der Waals surface area contributed by atoms with Gasteiger partial charge in [0.25, 0.3) is 5.91 Å². The van der Waals surface area contributed by atoms with Gasteiger partial charge in [0.2, 0.25) is 10.0 Å². The molecular formula is C16H22N2O5S. The van der Waals surface area contributed by atoms with Crippen molar-refractivity contribution in [1.82, 2.24) is 4.90 Å². The molecule has 0 fully saturated rings. The molecule has 0 aliphatic carbocycles. The van der Waals surface area contributed by atoms with Crippen molar-refractivity contribution >= 4 is 27.6 Å². The minimum absolute atomic E-state index is 0.112. The van der Waals surface area contributed by atoms with E-state index in [1.54, 1.807) is 32.2 Å². The summed E-state index contributed by atoms with van der Waals surface area (Å²) in [6, 6.07) is 4.95. The second-order valence-corrected chi connectivity index (χ2v) is 8.11. The molecule has 132 valence electrons. The number of benzene rings is 1. The average Bonchev–Trinajstić information content (AvgIpc) is 2.51. The summed E-state index contributed by atoms with van der Waals surface area (Å²) in [4.78, 5) is 24.8. The summed E-state index contributed by atoms with van der Waals surface area (Å²) in [7, 11) is -1.78. The largest absolute Gasteiger partial charge is 0.481 e. The van der Waals surface area contributed by atoms with Gasteiger partial charge in [-0.2, -0.15) is 0 Å². The fraction of sp³-hybridized carbons (Fsp3) is 0.500. The van der Waals surface area contributed by atoms with E-state index in [9.17, 15) is 18.0 Å². The lowest BCUT2D eigenvalue weighted by atomic mass is 10.00. The van der Waals surface area contributed by atoms with E-state index in [-0.39, 0.29) is 12.5 Å². The summed E-state index contributed by atoms with van der Waals surface area (Å²) in [5.41, 5.74) is 1.86. The number of hydrogen-bond acceptors (Lipinski definition) is 4. The molecule has 1 N–H and O–H groups in total. The van der Waals surface area contributed by atoms with Crippen LogP contribution in [0.15, 0.2) is 18.2 Å². The van der Waals surface area contributed by atoms with Crippen LogP contribution in [0.1, 0.15) is 29.3 Å². The first-order valence-electron chi connectivity index (χ1n) is 7.70. The highest BCUT2D eigenvalue weighted by molar-refractivity contribution is 7.92. The summed E-state index contributed by atoms with van der Waals surface area (Å²) in [6.45, 7) is 2.10. The zero-order valence-electron chi connectivity index (χ0n) is 14.0. The summed E-state index contributed by atoms with van der Waals surface area (Å²) in [6.07, 6.45) is 2.57. The lowest BCUT2D eigenvalue weighted by molar-refractivity contribution is -0.141. The Morgan fingerprint density at radius 3 is 2.62 bits per heavy atom. The molecular weight excluding hydrogens is 332 g/mol. The van der Waals surface area contributed by atoms with Gasteiger partial charge in [-0.15, -0.1) is 0 Å². The average molecular weight is 354 g/mol. The van der Waals surface area contributed by atoms with Crippen LogP contribution >= 0.6 is 0 Å². The van der Waals surface area contributed by atoms with E-state index in [2.05, 4.69) is 0 Å². The Balaban J connectivity index is 2.25. The topological polar surface area (TPSA) is 95.0 Å². The number of carboxylic acid groups (broad SMARTS) is 1. The zero-order chi connectivity index (χ0) is 18.1. The Bertz CT molecular complexity index is 760. The summed E-state index contributed by atoms with van der Waals surface area (Å²) < 4.78 is 25.1. The maximum absolute atomic E-state index is 12.5. The summed E-state index contributed by atoms with van der Waals surface area (Å²) in [5.74, 6) is -1.89. The number of aliphatic carboxylic acids is 1. The van der Waals surface area contributed by atoms with Crippen LogP contribution in [0.25, 0.3) is 0 Å². The Labute approximate surface area is 141 Å². The van der Waals surface area contributed by atoms with Crippen LogP contribution in [-0.2, 0) is 21.2 Å². The van der Waals surface area contributed by atoms with Crippen molar-refractivity contribution in [3.05, 3.63) is 29.3 Å². The number of aryl methyl sites for hydroxylation is 1. The van der Waals surface area contributed by atoms with Gasteiger partial charge < -0.3 is 10.0 Å². The van der Waals surface area contributed by atoms with E-state index in [0.29, 0.717) is 30.6 Å². The molecule has 0 bridgehead atoms. The van der Waals surface area contributed by atoms with Gasteiger partial charge >= 0.3 is 5.97 Å². The highest BCUT2D eigenvalue weighted by Gasteiger charge is 2.25. The maximum Gasteiger partial charge on any atom is 0.308 e. The number of carboxylic acids is 1. The normalized spacial score (nSPS) is 15.5. The number of carbonyl (C=O) groups is 2. The van der Waals surface area contributed by atoms with E-state index in [0.717, 1.165) is 5.56 Å². The first kappa shape index (κ1) is 18.3. The van der Waals surface area contributed by atoms with Crippen molar-refractivity contribution < 1.29 is 23.1 Å². The van der Waals surface area contributed by atoms with Gasteiger partial charge in [0.1, 0.15) is 0 Å². The zero-order valence-corrected chi connectivity index (χ0v) is 14.8. The number of amides is 1. The molecule has 8 heteroatoms. The van der Waals surface area contributed by atoms with Crippen molar-refractivity contribution in [2.24, 2.45) is 5.92 Å². The van der Waals surface area contributed by atoms with Crippen LogP contribution in [0.3, 0.4) is 0 Å². The third kappa shape index (κ3) is 3.87. The van der Waals surface area contributed by atoms with Crippen molar-refractivity contribution in [2.75, 3.05) is 30.7 Å². The van der Waals surface area contributed by atoms with Gasteiger partial charge in [-0.25, -0.2) is 8.42 Å². The van der Waals surface area contributed by atoms with Gasteiger partial charge in [-0.3, -0.25) is 13.9 Å². The Hall–Kier alpha value is -2.09. The molecule has 1 atom stereocenters. The number of fused-ring (bicyclic) bond motifs is 1. The van der Waals surface area contributed by atoms with Gasteiger partial charge in [-0.1, -0.05) is 6.92 Å². The van der Waals surface area contributed by atoms with E-state index in [1.165, 1.54) is 15.5 Å². The minimum atomic E-state index is -3.34. The molecule has 0 saturated carbocycles. The third-order valence-corrected chi connectivity index (χ3v) is 5.30. The van der Waals surface area contributed by atoms with Crippen molar-refractivity contribution in [2.45, 2.75) is 19.8 Å². The SMILES string of the molecule is CC(CN(C)C(=O)c1ccc2c(c1)CCCN2S(C)(=O)=O)C(=O)O. The molecule has 7 nitrogen and oxygen atoms in total. The highest BCUT2D eigenvalue weighted by atomic mass is 32.2. The smallest absolute Gasteiger partial charge is 0.308 e. The van der Waals surface area contributed by atoms with Gasteiger partial charge in [0.15, 0.2) is 0 Å². The molecule has 0 spiro atoms. The second kappa shape index (κ2) is 6.80. The fourth-order valence-corrected chi connectivity index (χ4v) is 3.83. The van der Waals surface area contributed by atoms with Gasteiger partial charge in [0.05, 0.1) is 17.9 Å². The Morgan fingerprint density at radius 2 is 2.04 bits per heavy atom. The van der Waals surface area contributed by atoms with Gasteiger partial charge in [-0.05, 0) is 36.6 Å². The molecule has 1 amide bonds. The van der Waals surface area contributed by atoms with Crippen molar-refractivity contribution in [3.63, 3.8) is 0 Å². The maximum atomic E-state index is 12.5. The first-order valence-corrected chi connectivity index (χ1v) is 9.55. The number of hydrogen-bond donors (Lipinski definition) is 1. The molecule has 0 saturated heterocycles. The molecule has 24 heavy (non-hydrogen) atoms. The van der Waals surface area contributed by atoms with Crippen molar-refractivity contribution in [1.29, 1.82) is 0 Å². The van der Waals surface area contributed by atoms with Gasteiger partial charge in [0, 0.05) is 25.7 Å². The number of rotatable bonds is 5. The molecule has 1 aromatic rings. The number of anilines is 1. The van der Waals surface area contributed by atoms with Crippen LogP contribution in [0, 0.1) is 5.92 Å². The summed E-state index contributed by atoms with van der Waals surface area (Å²) >= 11 is 0. The number of carbonyl (C=O) groups excluding carboxylic acids is 1. The molecule has 1 unspecified atom stereocenters. The van der Waals surface area contributed by atoms with Crippen molar-refractivity contribution in [3.8, 4) is 0 Å². The second-order valence-electron chi connectivity index (χ2n) is 6.21. The van der Waals surface area contributed by atoms with E-state index >= 15 is 0 Å². The Morgan fingerprint density at radius 1 is 1.38 bits per heavy atom. The lowest BCUT2D eigenvalue weighted by Gasteiger charge is -2.29. The predicted octanol–water partition coefficient (Wildman–Crippen LogP) is 1.19. The fourth-order valence-electron chi connectivity index (χ4n) is 2.83. The number of sulfonamides is 1. The lowest BCUT2D eigenvalue weighted by Crippen LogP contribution is -2.35. The molecule has 1 aliphatic heterocycles.